The van der Waals surface area contributed by atoms with Gasteiger partial charge in [-0.25, -0.2) is 14.6 Å². The van der Waals surface area contributed by atoms with E-state index in [-0.39, 0.29) is 66.1 Å². The summed E-state index contributed by atoms with van der Waals surface area (Å²) in [7, 11) is 0. The van der Waals surface area contributed by atoms with E-state index in [0.717, 1.165) is 42.5 Å². The summed E-state index contributed by atoms with van der Waals surface area (Å²) in [5.41, 5.74) is 8.60. The molecule has 1 saturated carbocycles. The molecule has 7 heterocycles. The minimum Gasteiger partial charge on any atom is -0.508 e. The minimum absolute atomic E-state index is 0.00123. The second-order valence-electron chi connectivity index (χ2n) is 17.9. The molecule has 67 heavy (non-hydrogen) atoms. The molecule has 19 heteroatoms. The first-order chi connectivity index (χ1) is 32.4. The second kappa shape index (κ2) is 17.8. The number of phenols is 1. The van der Waals surface area contributed by atoms with Gasteiger partial charge in [0.25, 0.3) is 11.5 Å². The van der Waals surface area contributed by atoms with E-state index in [0.29, 0.717) is 103 Å². The number of ether oxygens (including phenoxy) is 2. The van der Waals surface area contributed by atoms with E-state index in [1.54, 1.807) is 54.0 Å². The first kappa shape index (κ1) is 44.0. The molecule has 3 fully saturated rings. The van der Waals surface area contributed by atoms with Gasteiger partial charge in [-0.05, 0) is 80.7 Å². The summed E-state index contributed by atoms with van der Waals surface area (Å²) >= 11 is 6.16. The van der Waals surface area contributed by atoms with Crippen molar-refractivity contribution in [3.8, 4) is 29.0 Å². The second-order valence-corrected chi connectivity index (χ2v) is 18.4. The molecular formula is C48H51ClN10O8. The molecular weight excluding hydrogens is 880 g/mol. The highest BCUT2D eigenvalue weighted by Gasteiger charge is 2.45. The van der Waals surface area contributed by atoms with Gasteiger partial charge in [0, 0.05) is 93.1 Å². The maximum Gasteiger partial charge on any atom is 0.343 e. The predicted molar refractivity (Wildman–Crippen MR) is 245 cm³/mol. The number of carbonyl (C=O) groups is 3. The van der Waals surface area contributed by atoms with E-state index in [4.69, 9.17) is 31.3 Å². The fourth-order valence-electron chi connectivity index (χ4n) is 10.1. The Balaban J connectivity index is 0.700. The zero-order valence-electron chi connectivity index (χ0n) is 37.0. The number of hydrazine groups is 1. The summed E-state index contributed by atoms with van der Waals surface area (Å²) in [6.07, 6.45) is 6.82. The normalized spacial score (nSPS) is 22.5. The van der Waals surface area contributed by atoms with Gasteiger partial charge in [-0.2, -0.15) is 5.26 Å². The number of hydrogen-bond donors (Lipinski definition) is 5. The number of hydrogen-bond acceptors (Lipinski definition) is 14. The molecule has 2 aromatic heterocycles. The van der Waals surface area contributed by atoms with Crippen LogP contribution in [0.5, 0.6) is 11.5 Å². The van der Waals surface area contributed by atoms with Crippen molar-refractivity contribution in [3.05, 3.63) is 109 Å². The molecule has 0 radical (unpaired) electrons. The average Bonchev–Trinajstić information content (AvgIpc) is 3.71. The molecule has 348 valence electrons. The van der Waals surface area contributed by atoms with E-state index in [9.17, 15) is 29.4 Å². The Bertz CT molecular complexity index is 2850. The number of rotatable bonds is 8. The zero-order chi connectivity index (χ0) is 46.6. The molecule has 18 nitrogen and oxygen atoms in total. The van der Waals surface area contributed by atoms with E-state index in [1.165, 1.54) is 0 Å². The third-order valence-electron chi connectivity index (χ3n) is 14.0. The summed E-state index contributed by atoms with van der Waals surface area (Å²) in [5.74, 6) is 0.633. The Morgan fingerprint density at radius 1 is 0.985 bits per heavy atom. The van der Waals surface area contributed by atoms with Crippen molar-refractivity contribution in [1.29, 1.82) is 5.26 Å². The van der Waals surface area contributed by atoms with Crippen LogP contribution in [0.4, 0.5) is 4.79 Å². The Kier molecular flexibility index (Phi) is 11.7. The number of nitrogens with one attached hydrogen (secondary N) is 3. The number of carbonyl (C=O) groups excluding carboxylic acids is 3. The number of pyridine rings is 2. The number of nitrogens with zero attached hydrogens (tertiary/aromatic N) is 7. The van der Waals surface area contributed by atoms with Crippen LogP contribution in [0.1, 0.15) is 66.8 Å². The van der Waals surface area contributed by atoms with E-state index < -0.39 is 11.6 Å². The number of amides is 3. The van der Waals surface area contributed by atoms with Crippen molar-refractivity contribution < 1.29 is 34.1 Å². The Labute approximate surface area is 390 Å². The molecule has 0 unspecified atom stereocenters. The molecule has 1 atom stereocenters. The van der Waals surface area contributed by atoms with Crippen molar-refractivity contribution in [3.63, 3.8) is 0 Å². The van der Waals surface area contributed by atoms with E-state index in [2.05, 4.69) is 32.0 Å². The van der Waals surface area contributed by atoms with Crippen LogP contribution in [0.3, 0.4) is 0 Å². The number of aromatic hydroxyl groups is 1. The van der Waals surface area contributed by atoms with E-state index in [1.807, 2.05) is 21.9 Å². The summed E-state index contributed by atoms with van der Waals surface area (Å²) in [6.45, 7) is 6.80. The number of esters is 1. The Hall–Kier alpha value is -6.81. The minimum atomic E-state index is -1.91. The van der Waals surface area contributed by atoms with Crippen LogP contribution in [0, 0.1) is 11.3 Å². The number of fused-ring (bicyclic) bond motifs is 5. The molecule has 3 amide bonds. The molecule has 5 N–H and O–H groups in total. The number of urea groups is 1. The summed E-state index contributed by atoms with van der Waals surface area (Å²) in [6, 6.07) is 14.2. The predicted octanol–water partition coefficient (Wildman–Crippen LogP) is 3.50. The number of piperazine rings is 2. The lowest BCUT2D eigenvalue weighted by molar-refractivity contribution is -0.172. The third-order valence-corrected chi connectivity index (χ3v) is 14.4. The number of nitriles is 1. The first-order valence-electron chi connectivity index (χ1n) is 22.8. The number of phenolic OH excluding ortho intramolecular Hbond substituents is 1. The van der Waals surface area contributed by atoms with Crippen molar-refractivity contribution >= 4 is 40.4 Å². The lowest BCUT2D eigenvalue weighted by atomic mass is 9.86. The van der Waals surface area contributed by atoms with Crippen LogP contribution in [-0.2, 0) is 39.6 Å². The van der Waals surface area contributed by atoms with Gasteiger partial charge < -0.3 is 44.3 Å². The number of aliphatic hydroxyl groups is 1. The maximum absolute atomic E-state index is 13.7. The summed E-state index contributed by atoms with van der Waals surface area (Å²) < 4.78 is 12.9. The van der Waals surface area contributed by atoms with Gasteiger partial charge in [0.2, 0.25) is 0 Å². The maximum atomic E-state index is 13.7. The summed E-state index contributed by atoms with van der Waals surface area (Å²) in [4.78, 5) is 66.2. The van der Waals surface area contributed by atoms with Gasteiger partial charge >= 0.3 is 12.0 Å². The van der Waals surface area contributed by atoms with Crippen molar-refractivity contribution in [2.24, 2.45) is 0 Å². The first-order valence-corrected chi connectivity index (χ1v) is 23.2. The molecule has 0 bridgehead atoms. The Morgan fingerprint density at radius 3 is 2.42 bits per heavy atom. The highest BCUT2D eigenvalue weighted by atomic mass is 35.5. The van der Waals surface area contributed by atoms with Crippen LogP contribution in [0.15, 0.2) is 70.9 Å². The lowest BCUT2D eigenvalue weighted by Gasteiger charge is -2.42. The third kappa shape index (κ3) is 8.25. The molecule has 6 aliphatic rings. The van der Waals surface area contributed by atoms with Crippen LogP contribution in [0.2, 0.25) is 5.02 Å². The molecule has 2 saturated heterocycles. The number of aromatic nitrogens is 2. The number of halogens is 1. The number of benzene rings is 2. The van der Waals surface area contributed by atoms with Gasteiger partial charge in [-0.1, -0.05) is 18.5 Å². The molecule has 0 spiro atoms. The van der Waals surface area contributed by atoms with Crippen LogP contribution >= 0.6 is 11.6 Å². The number of cyclic esters (lactones) is 1. The van der Waals surface area contributed by atoms with Gasteiger partial charge in [0.15, 0.2) is 5.60 Å². The van der Waals surface area contributed by atoms with Crippen LogP contribution < -0.4 is 26.5 Å². The summed E-state index contributed by atoms with van der Waals surface area (Å²) in [5, 5.41) is 35.8. The molecule has 1 aliphatic carbocycles. The monoisotopic (exact) mass is 930 g/mol. The fourth-order valence-corrected chi connectivity index (χ4v) is 10.3. The topological polar surface area (TPSA) is 218 Å². The molecule has 10 rings (SSSR count). The van der Waals surface area contributed by atoms with Crippen molar-refractivity contribution in [2.75, 3.05) is 52.4 Å². The van der Waals surface area contributed by atoms with E-state index >= 15 is 0 Å². The lowest BCUT2D eigenvalue weighted by Crippen LogP contribution is -2.57. The quantitative estimate of drug-likeness (QED) is 0.141. The van der Waals surface area contributed by atoms with Gasteiger partial charge in [-0.15, -0.1) is 0 Å². The largest absolute Gasteiger partial charge is 0.508 e. The highest BCUT2D eigenvalue weighted by Crippen LogP contribution is 2.40. The molecule has 4 aromatic rings. The van der Waals surface area contributed by atoms with Crippen LogP contribution in [0.25, 0.3) is 22.3 Å². The zero-order valence-corrected chi connectivity index (χ0v) is 37.8. The Morgan fingerprint density at radius 2 is 1.73 bits per heavy atom. The van der Waals surface area contributed by atoms with Crippen molar-refractivity contribution in [2.45, 2.75) is 76.5 Å². The SMILES string of the molecule is CC[C@@]1(O)C(=O)OCc2c1cc1n(c2=O)Cc2cc3c(CN4CCN(C(=O)N5CCN(C6=CC=C(C(=O)N[C@H]7CC[C@H](Oc8ccc(C#N)c(Cl)c8)CC7)NN6)CC5)CC4)c(O)ccc3nc2-1. The molecule has 5 aliphatic heterocycles. The van der Waals surface area contributed by atoms with Gasteiger partial charge in [0.05, 0.1) is 45.7 Å². The van der Waals surface area contributed by atoms with Crippen molar-refractivity contribution in [1.82, 2.24) is 45.3 Å². The van der Waals surface area contributed by atoms with Gasteiger partial charge in [0.1, 0.15) is 35.7 Å². The van der Waals surface area contributed by atoms with Crippen LogP contribution in [-0.4, -0.2) is 122 Å². The smallest absolute Gasteiger partial charge is 0.343 e. The standard InChI is InChI=1S/C48H51ClN10O8/c1-2-48(65)36-23-40-43-29(25-59(40)45(62)35(36)27-66-46(48)63)21-33-34(41(60)11-9-38(33)52-43)26-55-13-15-57(16-14-55)47(64)58-19-17-56(18-20-58)42-12-10-39(53-54-42)44(61)51-30-4-7-31(8-5-30)67-32-6-3-28(24-50)37(49)22-32/h3,6,9-12,21-23,30-31,53-54,60,65H,2,4-5,7-8,13-20,25-27H2,1H3,(H,51,61)/t30-,31-,48-/m0/s1. The van der Waals surface area contributed by atoms with Gasteiger partial charge in [-0.3, -0.25) is 25.3 Å². The fraction of sp³-hybridized carbons (Fsp3) is 0.417. The highest BCUT2D eigenvalue weighted by molar-refractivity contribution is 6.31. The number of allylic oxidation sites excluding steroid dienone is 2. The molecule has 2 aromatic carbocycles. The average molecular weight is 931 g/mol.